The monoisotopic (exact) mass is 317 g/mol. The molecule has 0 spiro atoms. The maximum Gasteiger partial charge on any atom is 0.208 e. The van der Waals surface area contributed by atoms with Crippen molar-refractivity contribution in [2.24, 2.45) is 5.73 Å². The largest absolute Gasteiger partial charge is 0.353 e. The van der Waals surface area contributed by atoms with Gasteiger partial charge in [-0.3, -0.25) is 0 Å². The predicted octanol–water partition coefficient (Wildman–Crippen LogP) is 2.76. The predicted molar refractivity (Wildman–Crippen MR) is 88.0 cm³/mol. The fourth-order valence-corrected chi connectivity index (χ4v) is 3.68. The molecule has 2 heterocycles. The molecule has 0 atom stereocenters. The van der Waals surface area contributed by atoms with E-state index in [0.717, 1.165) is 31.0 Å². The molecule has 108 valence electrons. The SMILES string of the molecule is CN(C)c1nnc(Sc2nc3ccccc3cc2CN)s1. The van der Waals surface area contributed by atoms with Gasteiger partial charge in [-0.15, -0.1) is 10.2 Å². The van der Waals surface area contributed by atoms with Crippen LogP contribution in [0.5, 0.6) is 0 Å². The number of hydrogen-bond donors (Lipinski definition) is 1. The lowest BCUT2D eigenvalue weighted by Crippen LogP contribution is -2.07. The third-order valence-corrected chi connectivity index (χ3v) is 5.13. The molecular formula is C14H15N5S2. The average Bonchev–Trinajstić information content (AvgIpc) is 2.95. The molecule has 5 nitrogen and oxygen atoms in total. The highest BCUT2D eigenvalue weighted by Gasteiger charge is 2.12. The highest BCUT2D eigenvalue weighted by atomic mass is 32.2. The van der Waals surface area contributed by atoms with Crippen molar-refractivity contribution >= 4 is 39.1 Å². The number of nitrogens with zero attached hydrogens (tertiary/aromatic N) is 4. The van der Waals surface area contributed by atoms with Crippen molar-refractivity contribution in [2.45, 2.75) is 15.9 Å². The number of para-hydroxylation sites is 1. The molecule has 0 aliphatic rings. The fourth-order valence-electron chi connectivity index (χ4n) is 1.88. The van der Waals surface area contributed by atoms with Gasteiger partial charge in [0.25, 0.3) is 0 Å². The Labute approximate surface area is 131 Å². The highest BCUT2D eigenvalue weighted by molar-refractivity contribution is 8.01. The van der Waals surface area contributed by atoms with Gasteiger partial charge in [0.1, 0.15) is 5.03 Å². The summed E-state index contributed by atoms with van der Waals surface area (Å²) in [6, 6.07) is 10.1. The van der Waals surface area contributed by atoms with Crippen LogP contribution < -0.4 is 10.6 Å². The lowest BCUT2D eigenvalue weighted by molar-refractivity contribution is 0.959. The summed E-state index contributed by atoms with van der Waals surface area (Å²) in [4.78, 5) is 6.65. The van der Waals surface area contributed by atoms with E-state index in [-0.39, 0.29) is 0 Å². The minimum absolute atomic E-state index is 0.458. The Balaban J connectivity index is 1.98. The van der Waals surface area contributed by atoms with Gasteiger partial charge in [0, 0.05) is 26.0 Å². The molecule has 0 unspecified atom stereocenters. The number of fused-ring (bicyclic) bond motifs is 1. The Bertz CT molecular complexity index is 769. The molecule has 2 N–H and O–H groups in total. The minimum atomic E-state index is 0.458. The van der Waals surface area contributed by atoms with Crippen molar-refractivity contribution in [2.75, 3.05) is 19.0 Å². The van der Waals surface area contributed by atoms with Gasteiger partial charge in [-0.25, -0.2) is 4.98 Å². The minimum Gasteiger partial charge on any atom is -0.353 e. The first-order chi connectivity index (χ1) is 10.2. The van der Waals surface area contributed by atoms with Crippen molar-refractivity contribution in [3.63, 3.8) is 0 Å². The summed E-state index contributed by atoms with van der Waals surface area (Å²) in [6.45, 7) is 0.458. The third kappa shape index (κ3) is 2.99. The first-order valence-electron chi connectivity index (χ1n) is 6.45. The molecule has 3 aromatic rings. The van der Waals surface area contributed by atoms with Crippen molar-refractivity contribution in [3.05, 3.63) is 35.9 Å². The van der Waals surface area contributed by atoms with Gasteiger partial charge in [-0.2, -0.15) is 0 Å². The average molecular weight is 317 g/mol. The second kappa shape index (κ2) is 5.97. The smallest absolute Gasteiger partial charge is 0.208 e. The van der Waals surface area contributed by atoms with Crippen LogP contribution in [0.4, 0.5) is 5.13 Å². The van der Waals surface area contributed by atoms with Crippen LogP contribution in [0.15, 0.2) is 39.7 Å². The van der Waals surface area contributed by atoms with Crippen LogP contribution in [0, 0.1) is 0 Å². The quantitative estimate of drug-likeness (QED) is 0.798. The molecule has 21 heavy (non-hydrogen) atoms. The zero-order chi connectivity index (χ0) is 14.8. The summed E-state index contributed by atoms with van der Waals surface area (Å²) in [7, 11) is 3.91. The number of anilines is 1. The van der Waals surface area contributed by atoms with Crippen molar-refractivity contribution < 1.29 is 0 Å². The normalized spacial score (nSPS) is 11.0. The molecule has 1 aromatic carbocycles. The lowest BCUT2D eigenvalue weighted by atomic mass is 10.1. The standard InChI is InChI=1S/C14H15N5S2/c1-19(2)13-17-18-14(21-13)20-12-10(8-15)7-9-5-3-4-6-11(9)16-12/h3-7H,8,15H2,1-2H3. The summed E-state index contributed by atoms with van der Waals surface area (Å²) in [6.07, 6.45) is 0. The van der Waals surface area contributed by atoms with E-state index in [1.165, 1.54) is 11.8 Å². The van der Waals surface area contributed by atoms with E-state index in [4.69, 9.17) is 10.7 Å². The van der Waals surface area contributed by atoms with Gasteiger partial charge in [0.2, 0.25) is 5.13 Å². The van der Waals surface area contributed by atoms with E-state index < -0.39 is 0 Å². The first kappa shape index (κ1) is 14.2. The second-order valence-electron chi connectivity index (χ2n) is 4.70. The summed E-state index contributed by atoms with van der Waals surface area (Å²) in [5.74, 6) is 0. The molecule has 0 fully saturated rings. The van der Waals surface area contributed by atoms with Gasteiger partial charge in [-0.1, -0.05) is 29.5 Å². The molecular weight excluding hydrogens is 302 g/mol. The van der Waals surface area contributed by atoms with Crippen LogP contribution in [0.3, 0.4) is 0 Å². The van der Waals surface area contributed by atoms with E-state index in [0.29, 0.717) is 6.54 Å². The van der Waals surface area contributed by atoms with Gasteiger partial charge in [0.05, 0.1) is 5.52 Å². The van der Waals surface area contributed by atoms with Crippen LogP contribution >= 0.6 is 23.1 Å². The van der Waals surface area contributed by atoms with Crippen LogP contribution in [0.1, 0.15) is 5.56 Å². The number of rotatable bonds is 4. The Morgan fingerprint density at radius 3 is 2.76 bits per heavy atom. The molecule has 0 saturated heterocycles. The summed E-state index contributed by atoms with van der Waals surface area (Å²) in [5.41, 5.74) is 7.85. The zero-order valence-corrected chi connectivity index (χ0v) is 13.4. The maximum atomic E-state index is 5.85. The number of aromatic nitrogens is 3. The first-order valence-corrected chi connectivity index (χ1v) is 8.08. The van der Waals surface area contributed by atoms with Gasteiger partial charge >= 0.3 is 0 Å². The van der Waals surface area contributed by atoms with E-state index in [1.54, 1.807) is 11.3 Å². The fraction of sp³-hybridized carbons (Fsp3) is 0.214. The molecule has 0 amide bonds. The van der Waals surface area contributed by atoms with Gasteiger partial charge in [-0.05, 0) is 29.5 Å². The molecule has 0 saturated carbocycles. The molecule has 3 rings (SSSR count). The number of nitrogens with two attached hydrogens (primary N) is 1. The topological polar surface area (TPSA) is 67.9 Å². The van der Waals surface area contributed by atoms with Crippen LogP contribution in [-0.4, -0.2) is 29.3 Å². The van der Waals surface area contributed by atoms with Crippen LogP contribution in [-0.2, 0) is 6.54 Å². The lowest BCUT2D eigenvalue weighted by Gasteiger charge is -2.07. The second-order valence-corrected chi connectivity index (χ2v) is 6.89. The number of hydrogen-bond acceptors (Lipinski definition) is 7. The van der Waals surface area contributed by atoms with Crippen molar-refractivity contribution in [3.8, 4) is 0 Å². The highest BCUT2D eigenvalue weighted by Crippen LogP contribution is 2.34. The van der Waals surface area contributed by atoms with Crippen LogP contribution in [0.25, 0.3) is 10.9 Å². The number of benzene rings is 1. The van der Waals surface area contributed by atoms with Crippen molar-refractivity contribution in [1.82, 2.24) is 15.2 Å². The van der Waals surface area contributed by atoms with E-state index in [2.05, 4.69) is 16.3 Å². The van der Waals surface area contributed by atoms with E-state index in [1.807, 2.05) is 43.3 Å². The summed E-state index contributed by atoms with van der Waals surface area (Å²) < 4.78 is 0.871. The molecule has 2 aromatic heterocycles. The Morgan fingerprint density at radius 1 is 1.24 bits per heavy atom. The Morgan fingerprint density at radius 2 is 2.05 bits per heavy atom. The third-order valence-electron chi connectivity index (χ3n) is 2.95. The summed E-state index contributed by atoms with van der Waals surface area (Å²) in [5, 5.41) is 11.2. The summed E-state index contributed by atoms with van der Waals surface area (Å²) >= 11 is 3.07. The van der Waals surface area contributed by atoms with Gasteiger partial charge in [0.15, 0.2) is 4.34 Å². The molecule has 0 aliphatic heterocycles. The maximum absolute atomic E-state index is 5.85. The molecule has 0 aliphatic carbocycles. The molecule has 7 heteroatoms. The Kier molecular flexibility index (Phi) is 4.05. The zero-order valence-electron chi connectivity index (χ0n) is 11.8. The van der Waals surface area contributed by atoms with E-state index >= 15 is 0 Å². The van der Waals surface area contributed by atoms with E-state index in [9.17, 15) is 0 Å². The Hall–Kier alpha value is -1.70. The number of pyridine rings is 1. The van der Waals surface area contributed by atoms with Crippen molar-refractivity contribution in [1.29, 1.82) is 0 Å². The molecule has 0 radical (unpaired) electrons. The molecule has 0 bridgehead atoms. The van der Waals surface area contributed by atoms with Crippen LogP contribution in [0.2, 0.25) is 0 Å². The van der Waals surface area contributed by atoms with Gasteiger partial charge < -0.3 is 10.6 Å².